The lowest BCUT2D eigenvalue weighted by Gasteiger charge is -2.39. The lowest BCUT2D eigenvalue weighted by Crippen LogP contribution is -2.50. The number of piperidine rings is 1. The quantitative estimate of drug-likeness (QED) is 0.702. The van der Waals surface area contributed by atoms with Crippen LogP contribution in [-0.4, -0.2) is 34.8 Å². The van der Waals surface area contributed by atoms with Gasteiger partial charge in [-0.05, 0) is 58.2 Å². The van der Waals surface area contributed by atoms with Crippen LogP contribution in [0.5, 0.6) is 5.75 Å². The summed E-state index contributed by atoms with van der Waals surface area (Å²) in [5.41, 5.74) is 0.438. The molecule has 2 bridgehead atoms. The summed E-state index contributed by atoms with van der Waals surface area (Å²) in [5, 5.41) is 0.897. The largest absolute Gasteiger partial charge is 0.490 e. The first-order valence-electron chi connectivity index (χ1n) is 10.5. The molecule has 2 aromatic rings. The fraction of sp³-hybridized carbons (Fsp3) is 0.565. The number of ether oxygens (including phenoxy) is 2. The van der Waals surface area contributed by atoms with E-state index >= 15 is 0 Å². The van der Waals surface area contributed by atoms with Crippen LogP contribution < -0.4 is 10.4 Å². The molecule has 0 spiro atoms. The van der Waals surface area contributed by atoms with Crippen molar-refractivity contribution in [2.75, 3.05) is 0 Å². The number of hydrogen-bond donors (Lipinski definition) is 0. The van der Waals surface area contributed by atoms with Crippen molar-refractivity contribution in [1.29, 1.82) is 0 Å². The predicted molar refractivity (Wildman–Crippen MR) is 110 cm³/mol. The second kappa shape index (κ2) is 7.39. The molecule has 6 heteroatoms. The third-order valence-electron chi connectivity index (χ3n) is 5.76. The number of fused-ring (bicyclic) bond motifs is 3. The number of hydrogen-bond acceptors (Lipinski definition) is 5. The molecule has 29 heavy (non-hydrogen) atoms. The highest BCUT2D eigenvalue weighted by Gasteiger charge is 2.45. The molecule has 6 nitrogen and oxygen atoms in total. The van der Waals surface area contributed by atoms with Crippen LogP contribution in [0.1, 0.15) is 58.9 Å². The van der Waals surface area contributed by atoms with E-state index < -0.39 is 5.60 Å². The van der Waals surface area contributed by atoms with Crippen molar-refractivity contribution in [2.24, 2.45) is 0 Å². The molecule has 1 amide bonds. The summed E-state index contributed by atoms with van der Waals surface area (Å²) in [6.45, 7) is 7.62. The molecule has 1 aromatic carbocycles. The molecule has 2 saturated heterocycles. The Bertz CT molecular complexity index is 959. The van der Waals surface area contributed by atoms with Crippen LogP contribution in [0, 0.1) is 0 Å². The van der Waals surface area contributed by atoms with Gasteiger partial charge in [-0.1, -0.05) is 6.92 Å². The van der Waals surface area contributed by atoms with Gasteiger partial charge in [-0.3, -0.25) is 0 Å². The standard InChI is InChI=1S/C23H29NO5/c1-5-14-10-15-6-9-18(13-20(15)28-21(14)25)27-19-11-16-7-8-17(12-19)24(16)22(26)29-23(2,3)4/h6,9-10,13,16-17,19H,5,7-8,11-12H2,1-4H3/t16-,17+,19?. The summed E-state index contributed by atoms with van der Waals surface area (Å²) in [6.07, 6.45) is 3.99. The number of carbonyl (C=O) groups excluding carboxylic acids is 1. The van der Waals surface area contributed by atoms with Gasteiger partial charge in [0.2, 0.25) is 0 Å². The van der Waals surface area contributed by atoms with Gasteiger partial charge in [0.15, 0.2) is 0 Å². The molecular weight excluding hydrogens is 370 g/mol. The highest BCUT2D eigenvalue weighted by molar-refractivity contribution is 5.78. The van der Waals surface area contributed by atoms with E-state index in [0.717, 1.165) is 31.1 Å². The van der Waals surface area contributed by atoms with Crippen molar-refractivity contribution in [3.63, 3.8) is 0 Å². The number of benzene rings is 1. The van der Waals surface area contributed by atoms with Gasteiger partial charge in [-0.2, -0.15) is 0 Å². The minimum absolute atomic E-state index is 0.0327. The Morgan fingerprint density at radius 2 is 1.86 bits per heavy atom. The normalized spacial score (nSPS) is 24.0. The van der Waals surface area contributed by atoms with E-state index in [9.17, 15) is 9.59 Å². The molecule has 3 atom stereocenters. The third-order valence-corrected chi connectivity index (χ3v) is 5.76. The Hall–Kier alpha value is -2.50. The lowest BCUT2D eigenvalue weighted by molar-refractivity contribution is -0.00706. The second-order valence-electron chi connectivity index (χ2n) is 9.10. The fourth-order valence-corrected chi connectivity index (χ4v) is 4.48. The number of nitrogens with zero attached hydrogens (tertiary/aromatic N) is 1. The SMILES string of the molecule is CCc1cc2ccc(OC3C[C@H]4CC[C@@H](C3)N4C(=O)OC(C)(C)C)cc2oc1=O. The minimum atomic E-state index is -0.490. The number of rotatable bonds is 3. The summed E-state index contributed by atoms with van der Waals surface area (Å²) < 4.78 is 17.3. The molecule has 2 aliphatic rings. The highest BCUT2D eigenvalue weighted by Crippen LogP contribution is 2.38. The summed E-state index contributed by atoms with van der Waals surface area (Å²) >= 11 is 0. The van der Waals surface area contributed by atoms with E-state index in [2.05, 4.69) is 0 Å². The van der Waals surface area contributed by atoms with E-state index in [4.69, 9.17) is 13.9 Å². The Morgan fingerprint density at radius 1 is 1.17 bits per heavy atom. The average Bonchev–Trinajstić information content (AvgIpc) is 2.91. The molecule has 156 valence electrons. The molecule has 1 unspecified atom stereocenters. The molecule has 2 fully saturated rings. The van der Waals surface area contributed by atoms with Crippen LogP contribution in [-0.2, 0) is 11.2 Å². The molecular formula is C23H29NO5. The van der Waals surface area contributed by atoms with Crippen molar-refractivity contribution in [3.8, 4) is 5.75 Å². The van der Waals surface area contributed by atoms with Crippen molar-refractivity contribution in [1.82, 2.24) is 4.90 Å². The first-order chi connectivity index (χ1) is 13.7. The Balaban J connectivity index is 1.47. The van der Waals surface area contributed by atoms with Crippen LogP contribution in [0.2, 0.25) is 0 Å². The van der Waals surface area contributed by atoms with Crippen LogP contribution in [0.4, 0.5) is 4.79 Å². The summed E-state index contributed by atoms with van der Waals surface area (Å²) in [6, 6.07) is 7.82. The van der Waals surface area contributed by atoms with Crippen LogP contribution >= 0.6 is 0 Å². The topological polar surface area (TPSA) is 69.0 Å². The maximum Gasteiger partial charge on any atom is 0.410 e. The molecule has 0 N–H and O–H groups in total. The van der Waals surface area contributed by atoms with Gasteiger partial charge >= 0.3 is 11.7 Å². The molecule has 0 aliphatic carbocycles. The Labute approximate surface area is 170 Å². The van der Waals surface area contributed by atoms with Crippen LogP contribution in [0.25, 0.3) is 11.0 Å². The monoisotopic (exact) mass is 399 g/mol. The predicted octanol–water partition coefficient (Wildman–Crippen LogP) is 4.66. The van der Waals surface area contributed by atoms with Gasteiger partial charge in [0, 0.05) is 41.9 Å². The van der Waals surface area contributed by atoms with E-state index in [1.807, 2.05) is 50.8 Å². The number of amides is 1. The smallest absolute Gasteiger partial charge is 0.410 e. The van der Waals surface area contributed by atoms with Crippen molar-refractivity contribution in [2.45, 2.75) is 83.6 Å². The van der Waals surface area contributed by atoms with Crippen molar-refractivity contribution in [3.05, 3.63) is 40.2 Å². The molecule has 0 saturated carbocycles. The molecule has 1 aromatic heterocycles. The van der Waals surface area contributed by atoms with Crippen LogP contribution in [0.15, 0.2) is 33.5 Å². The number of aryl methyl sites for hydroxylation is 1. The van der Waals surface area contributed by atoms with Gasteiger partial charge < -0.3 is 18.8 Å². The lowest BCUT2D eigenvalue weighted by atomic mass is 10.00. The van der Waals surface area contributed by atoms with E-state index in [-0.39, 0.29) is 29.9 Å². The van der Waals surface area contributed by atoms with Gasteiger partial charge in [-0.15, -0.1) is 0 Å². The zero-order valence-corrected chi connectivity index (χ0v) is 17.6. The van der Waals surface area contributed by atoms with Crippen molar-refractivity contribution >= 4 is 17.1 Å². The molecule has 3 heterocycles. The van der Waals surface area contributed by atoms with Crippen molar-refractivity contribution < 1.29 is 18.7 Å². The first-order valence-corrected chi connectivity index (χ1v) is 10.5. The second-order valence-corrected chi connectivity index (χ2v) is 9.10. The fourth-order valence-electron chi connectivity index (χ4n) is 4.48. The summed E-state index contributed by atoms with van der Waals surface area (Å²) in [4.78, 5) is 26.5. The maximum absolute atomic E-state index is 12.6. The van der Waals surface area contributed by atoms with E-state index in [1.54, 1.807) is 6.07 Å². The summed E-state index contributed by atoms with van der Waals surface area (Å²) in [7, 11) is 0. The first kappa shape index (κ1) is 19.8. The van der Waals surface area contributed by atoms with E-state index in [1.165, 1.54) is 0 Å². The van der Waals surface area contributed by atoms with E-state index in [0.29, 0.717) is 23.3 Å². The van der Waals surface area contributed by atoms with Gasteiger partial charge in [0.25, 0.3) is 0 Å². The zero-order valence-electron chi connectivity index (χ0n) is 17.6. The molecule has 4 rings (SSSR count). The van der Waals surface area contributed by atoms with Gasteiger partial charge in [0.1, 0.15) is 23.0 Å². The average molecular weight is 399 g/mol. The Morgan fingerprint density at radius 3 is 2.48 bits per heavy atom. The number of carbonyl (C=O) groups is 1. The molecule has 0 radical (unpaired) electrons. The van der Waals surface area contributed by atoms with Crippen LogP contribution in [0.3, 0.4) is 0 Å². The van der Waals surface area contributed by atoms with Gasteiger partial charge in [0.05, 0.1) is 0 Å². The maximum atomic E-state index is 12.6. The third kappa shape index (κ3) is 4.11. The summed E-state index contributed by atoms with van der Waals surface area (Å²) in [5.74, 6) is 0.694. The minimum Gasteiger partial charge on any atom is -0.490 e. The van der Waals surface area contributed by atoms with Gasteiger partial charge in [-0.25, -0.2) is 9.59 Å². The Kier molecular flexibility index (Phi) is 5.05. The zero-order chi connectivity index (χ0) is 20.8. The molecule has 2 aliphatic heterocycles. The highest BCUT2D eigenvalue weighted by atomic mass is 16.6.